The molecule has 35 heavy (non-hydrogen) atoms. The summed E-state index contributed by atoms with van der Waals surface area (Å²) in [5.74, 6) is 0.0829. The van der Waals surface area contributed by atoms with E-state index in [9.17, 15) is 35.9 Å². The number of anilines is 2. The van der Waals surface area contributed by atoms with Crippen LogP contribution in [-0.4, -0.2) is 76.9 Å². The molecule has 192 valence electrons. The quantitative estimate of drug-likeness (QED) is 0.409. The van der Waals surface area contributed by atoms with Crippen molar-refractivity contribution >= 4 is 17.4 Å². The molecule has 1 aliphatic rings. The monoisotopic (exact) mass is 509 g/mol. The van der Waals surface area contributed by atoms with Crippen LogP contribution in [0.5, 0.6) is 0 Å². The lowest BCUT2D eigenvalue weighted by atomic mass is 10.2. The molecular weight excluding hydrogens is 488 g/mol. The second-order valence-electron chi connectivity index (χ2n) is 7.40. The van der Waals surface area contributed by atoms with Crippen LogP contribution in [0.15, 0.2) is 23.4 Å². The van der Waals surface area contributed by atoms with E-state index >= 15 is 0 Å². The van der Waals surface area contributed by atoms with Gasteiger partial charge in [-0.25, -0.2) is 15.1 Å². The van der Waals surface area contributed by atoms with E-state index in [4.69, 9.17) is 4.74 Å². The van der Waals surface area contributed by atoms with Gasteiger partial charge in [0.15, 0.2) is 5.69 Å². The normalized spacial score (nSPS) is 14.8. The number of alkyl halides is 6. The topological polar surface area (TPSA) is 116 Å². The van der Waals surface area contributed by atoms with Gasteiger partial charge in [-0.3, -0.25) is 9.59 Å². The molecule has 0 aromatic carbocycles. The Balaban J connectivity index is 1.36. The molecule has 0 saturated carbocycles. The Bertz CT molecular complexity index is 1050. The second kappa shape index (κ2) is 10.9. The van der Waals surface area contributed by atoms with Crippen LogP contribution in [0, 0.1) is 0 Å². The van der Waals surface area contributed by atoms with E-state index in [2.05, 4.69) is 20.4 Å². The Kier molecular flexibility index (Phi) is 8.14. The number of aromatic nitrogens is 4. The highest BCUT2D eigenvalue weighted by molar-refractivity contribution is 5.76. The number of amides is 1. The summed E-state index contributed by atoms with van der Waals surface area (Å²) in [5, 5.41) is 7.51. The van der Waals surface area contributed by atoms with E-state index < -0.39 is 34.9 Å². The van der Waals surface area contributed by atoms with E-state index in [-0.39, 0.29) is 37.9 Å². The lowest BCUT2D eigenvalue weighted by Gasteiger charge is -2.35. The molecule has 0 unspecified atom stereocenters. The summed E-state index contributed by atoms with van der Waals surface area (Å²) in [6.07, 6.45) is -6.82. The molecule has 1 saturated heterocycles. The molecule has 0 bridgehead atoms. The first-order valence-electron chi connectivity index (χ1n) is 10.4. The Morgan fingerprint density at radius 3 is 2.31 bits per heavy atom. The number of aromatic amines is 1. The van der Waals surface area contributed by atoms with Crippen molar-refractivity contribution in [1.82, 2.24) is 25.1 Å². The van der Waals surface area contributed by atoms with Crippen LogP contribution < -0.4 is 15.8 Å². The van der Waals surface area contributed by atoms with Gasteiger partial charge in [0.05, 0.1) is 43.9 Å². The van der Waals surface area contributed by atoms with Crippen molar-refractivity contribution in [1.29, 1.82) is 0 Å². The standard InChI is InChI=1S/C19H21F6N7O3/c20-18(21,22)13-10-28-14(11-27-13)31-3-5-32(6-4-31)15(33)1-7-35-8-2-26-12-9-29-30-17(34)16(12)19(23,24)25/h9-11H,1-8H2,(H2,26,30,34). The fourth-order valence-corrected chi connectivity index (χ4v) is 3.31. The third-order valence-electron chi connectivity index (χ3n) is 5.05. The van der Waals surface area contributed by atoms with E-state index in [1.54, 1.807) is 14.9 Å². The zero-order valence-corrected chi connectivity index (χ0v) is 18.1. The second-order valence-corrected chi connectivity index (χ2v) is 7.40. The van der Waals surface area contributed by atoms with Gasteiger partial charge in [0.25, 0.3) is 5.56 Å². The van der Waals surface area contributed by atoms with E-state index in [1.165, 1.54) is 0 Å². The average molecular weight is 509 g/mol. The van der Waals surface area contributed by atoms with Gasteiger partial charge in [0.1, 0.15) is 11.4 Å². The van der Waals surface area contributed by atoms with Crippen molar-refractivity contribution in [2.24, 2.45) is 0 Å². The van der Waals surface area contributed by atoms with E-state index in [0.717, 1.165) is 12.4 Å². The number of carbonyl (C=O) groups is 1. The van der Waals surface area contributed by atoms with Crippen molar-refractivity contribution in [2.45, 2.75) is 18.8 Å². The van der Waals surface area contributed by atoms with Crippen LogP contribution in [0.3, 0.4) is 0 Å². The number of hydrogen-bond acceptors (Lipinski definition) is 8. The predicted octanol–water partition coefficient (Wildman–Crippen LogP) is 1.76. The Hall–Kier alpha value is -3.43. The number of ether oxygens (including phenoxy) is 1. The number of piperazine rings is 1. The lowest BCUT2D eigenvalue weighted by molar-refractivity contribution is -0.141. The molecule has 2 aromatic heterocycles. The first kappa shape index (κ1) is 26.2. The number of rotatable bonds is 8. The largest absolute Gasteiger partial charge is 0.434 e. The van der Waals surface area contributed by atoms with E-state index in [1.807, 2.05) is 0 Å². The van der Waals surface area contributed by atoms with Gasteiger partial charge in [-0.2, -0.15) is 31.4 Å². The Morgan fingerprint density at radius 1 is 1.00 bits per heavy atom. The molecule has 1 fully saturated rings. The molecule has 3 rings (SSSR count). The molecule has 10 nitrogen and oxygen atoms in total. The number of H-pyrrole nitrogens is 1. The highest BCUT2D eigenvalue weighted by Crippen LogP contribution is 2.31. The van der Waals surface area contributed by atoms with Gasteiger partial charge in [-0.05, 0) is 0 Å². The molecular formula is C19H21F6N7O3. The molecule has 0 atom stereocenters. The van der Waals surface area contributed by atoms with Gasteiger partial charge in [-0.1, -0.05) is 0 Å². The van der Waals surface area contributed by atoms with Gasteiger partial charge in [0, 0.05) is 32.7 Å². The van der Waals surface area contributed by atoms with Crippen LogP contribution in [0.25, 0.3) is 0 Å². The molecule has 1 aliphatic heterocycles. The first-order valence-corrected chi connectivity index (χ1v) is 10.4. The summed E-state index contributed by atoms with van der Waals surface area (Å²) >= 11 is 0. The fraction of sp³-hybridized carbons (Fsp3) is 0.526. The maximum Gasteiger partial charge on any atom is 0.434 e. The summed E-state index contributed by atoms with van der Waals surface area (Å²) in [6, 6.07) is 0. The van der Waals surface area contributed by atoms with Crippen LogP contribution in [0.4, 0.5) is 37.8 Å². The molecule has 16 heteroatoms. The number of carbonyl (C=O) groups excluding carboxylic acids is 1. The maximum atomic E-state index is 13.0. The number of halogens is 6. The Labute approximate surface area is 194 Å². The summed E-state index contributed by atoms with van der Waals surface area (Å²) in [4.78, 5) is 34.2. The summed E-state index contributed by atoms with van der Waals surface area (Å²) in [5.41, 5.74) is -4.31. The lowest BCUT2D eigenvalue weighted by Crippen LogP contribution is -2.49. The molecule has 2 aromatic rings. The maximum absolute atomic E-state index is 13.0. The van der Waals surface area contributed by atoms with Crippen molar-refractivity contribution in [3.05, 3.63) is 40.2 Å². The van der Waals surface area contributed by atoms with Crippen molar-refractivity contribution in [3.8, 4) is 0 Å². The van der Waals surface area contributed by atoms with Gasteiger partial charge in [-0.15, -0.1) is 0 Å². The summed E-state index contributed by atoms with van der Waals surface area (Å²) in [6.45, 7) is 1.36. The van der Waals surface area contributed by atoms with Crippen molar-refractivity contribution in [2.75, 3.05) is 56.2 Å². The molecule has 0 radical (unpaired) electrons. The highest BCUT2D eigenvalue weighted by atomic mass is 19.4. The van der Waals surface area contributed by atoms with Gasteiger partial charge >= 0.3 is 12.4 Å². The minimum absolute atomic E-state index is 0.0161. The fourth-order valence-electron chi connectivity index (χ4n) is 3.31. The van der Waals surface area contributed by atoms with Crippen LogP contribution in [0.1, 0.15) is 17.7 Å². The zero-order valence-electron chi connectivity index (χ0n) is 18.1. The molecule has 0 aliphatic carbocycles. The smallest absolute Gasteiger partial charge is 0.381 e. The van der Waals surface area contributed by atoms with Crippen molar-refractivity contribution in [3.63, 3.8) is 0 Å². The zero-order chi connectivity index (χ0) is 25.6. The summed E-state index contributed by atoms with van der Waals surface area (Å²) < 4.78 is 82.0. The molecule has 1 amide bonds. The Morgan fingerprint density at radius 2 is 1.71 bits per heavy atom. The van der Waals surface area contributed by atoms with E-state index in [0.29, 0.717) is 32.4 Å². The van der Waals surface area contributed by atoms with Crippen LogP contribution in [0.2, 0.25) is 0 Å². The van der Waals surface area contributed by atoms with Gasteiger partial charge < -0.3 is 19.9 Å². The number of nitrogens with one attached hydrogen (secondary N) is 2. The van der Waals surface area contributed by atoms with Gasteiger partial charge in [0.2, 0.25) is 5.91 Å². The predicted molar refractivity (Wildman–Crippen MR) is 110 cm³/mol. The summed E-state index contributed by atoms with van der Waals surface area (Å²) in [7, 11) is 0. The first-order chi connectivity index (χ1) is 16.5. The third-order valence-corrected chi connectivity index (χ3v) is 5.05. The minimum Gasteiger partial charge on any atom is -0.381 e. The molecule has 2 N–H and O–H groups in total. The number of hydrogen-bond donors (Lipinski definition) is 2. The van der Waals surface area contributed by atoms with Crippen molar-refractivity contribution < 1.29 is 35.9 Å². The highest BCUT2D eigenvalue weighted by Gasteiger charge is 2.37. The van der Waals surface area contributed by atoms with Crippen LogP contribution in [-0.2, 0) is 21.9 Å². The minimum atomic E-state index is -4.85. The number of nitrogens with zero attached hydrogens (tertiary/aromatic N) is 5. The SMILES string of the molecule is O=C(CCOCCNc1cn[nH]c(=O)c1C(F)(F)F)N1CCN(c2cnc(C(F)(F)F)cn2)CC1. The average Bonchev–Trinajstić information content (AvgIpc) is 2.80. The third kappa shape index (κ3) is 7.03. The van der Waals surface area contributed by atoms with Crippen LogP contribution >= 0.6 is 0 Å². The molecule has 3 heterocycles. The molecule has 0 spiro atoms.